The molecule has 4 heteroatoms. The van der Waals surface area contributed by atoms with Crippen LogP contribution in [0.4, 0.5) is 0 Å². The predicted octanol–water partition coefficient (Wildman–Crippen LogP) is 2.80. The first kappa shape index (κ1) is 24.1. The lowest BCUT2D eigenvalue weighted by Gasteiger charge is -2.11. The lowest BCUT2D eigenvalue weighted by atomic mass is 10.0. The topological polar surface area (TPSA) is 68.1 Å². The van der Waals surface area contributed by atoms with Gasteiger partial charge in [-0.3, -0.25) is 0 Å². The first-order valence-electron chi connectivity index (χ1n) is 7.78. The fraction of sp³-hybridized carbons (Fsp3) is 0.125. The maximum Gasteiger partial charge on any atom is 0.132 e. The Bertz CT molecular complexity index is 1200. The van der Waals surface area contributed by atoms with Crippen LogP contribution in [0.1, 0.15) is 27.0 Å². The Labute approximate surface area is 192 Å². The second kappa shape index (κ2) is 15.4. The fourth-order valence-corrected chi connectivity index (χ4v) is 1.68. The molecular formula is C24H46ClNO2. The van der Waals surface area contributed by atoms with E-state index < -0.39 is 6.10 Å². The molecule has 0 fully saturated rings. The van der Waals surface area contributed by atoms with Crippen LogP contribution in [0.3, 0.4) is 0 Å². The average Bonchev–Trinajstić information content (AvgIpc) is 2.67. The van der Waals surface area contributed by atoms with E-state index in [1.807, 2.05) is 0 Å². The zero-order valence-corrected chi connectivity index (χ0v) is 15.7. The second-order valence-corrected chi connectivity index (χ2v) is 4.98. The molecule has 5 N–H and O–H groups in total. The minimum atomic E-state index is -0.787. The van der Waals surface area contributed by atoms with Crippen LogP contribution >= 0.6 is 0 Å². The van der Waals surface area contributed by atoms with Crippen LogP contribution in [0.15, 0.2) is 111 Å². The van der Waals surface area contributed by atoms with E-state index in [0.717, 1.165) is 5.56 Å². The van der Waals surface area contributed by atoms with Gasteiger partial charge < -0.3 is 28.4 Å². The molecule has 0 unspecified atom stereocenters. The molecule has 2 atom stereocenters. The Hall–Kier alpha value is -3.89. The van der Waals surface area contributed by atoms with Gasteiger partial charge in [-0.05, 0) is 87.3 Å². The molecule has 0 amide bonds. The number of hydrogen-bond donors (Lipinski definition) is 3. The average molecular weight is 416 g/mol. The number of phenols is 1. The molecule has 0 spiro atoms. The van der Waals surface area contributed by atoms with Crippen LogP contribution < -0.4 is 18.1 Å². The number of aliphatic hydroxyl groups is 1. The standard InChI is InChI=1S/C24H15NO2.ClH.15H2/c1-2-3-4-5-6-7-8-9-10-11-12-13-14-15-24(27)23(25)20-21-16-18-22(26)19-17-21;;;;;;;;;;;;;;;;/h15-19,23-24,26-27H,1,20,25H2;16*1H/t23-,24-;;;;;;;;;;;;;;;;/m0................/s1. The molecule has 0 aliphatic carbocycles. The Balaban J connectivity index is -0.0000000325. The van der Waals surface area contributed by atoms with Gasteiger partial charge in [0.25, 0.3) is 0 Å². The van der Waals surface area contributed by atoms with Crippen molar-refractivity contribution in [2.75, 3.05) is 0 Å². The summed E-state index contributed by atoms with van der Waals surface area (Å²) >= 11 is 0. The van der Waals surface area contributed by atoms with Gasteiger partial charge in [-0.1, -0.05) is 23.6 Å². The molecule has 0 aliphatic rings. The van der Waals surface area contributed by atoms with E-state index in [0.29, 0.717) is 6.42 Å². The first-order valence-corrected chi connectivity index (χ1v) is 7.78. The molecule has 0 aromatic heterocycles. The summed E-state index contributed by atoms with van der Waals surface area (Å²) in [5.41, 5.74) is 37.5. The van der Waals surface area contributed by atoms with E-state index in [4.69, 9.17) is 0 Å². The predicted molar refractivity (Wildman–Crippen MR) is 132 cm³/mol. The Morgan fingerprint density at radius 2 is 1.36 bits per heavy atom. The van der Waals surface area contributed by atoms with E-state index in [1.165, 1.54) is 6.08 Å². The van der Waals surface area contributed by atoms with Crippen molar-refractivity contribution in [2.24, 2.45) is 0 Å². The van der Waals surface area contributed by atoms with Crippen molar-refractivity contribution in [1.82, 2.24) is 0 Å². The molecule has 0 radical (unpaired) electrons. The zero-order chi connectivity index (χ0) is 19.7. The molecule has 0 heterocycles. The summed E-state index contributed by atoms with van der Waals surface area (Å²) in [6.07, 6.45) is 1.22. The van der Waals surface area contributed by atoms with Crippen molar-refractivity contribution in [2.45, 2.75) is 18.6 Å². The highest BCUT2D eigenvalue weighted by Crippen LogP contribution is 2.11. The third-order valence-corrected chi connectivity index (χ3v) is 2.96. The number of halogens is 1. The van der Waals surface area contributed by atoms with Gasteiger partial charge in [-0.25, -0.2) is 0 Å². The molecule has 28 heavy (non-hydrogen) atoms. The minimum absolute atomic E-state index is 0. The summed E-state index contributed by atoms with van der Waals surface area (Å²) in [4.78, 5) is 0. The van der Waals surface area contributed by atoms with Crippen molar-refractivity contribution >= 4 is 0 Å². The number of aliphatic hydroxyl groups excluding tert-OH is 1. The van der Waals surface area contributed by atoms with Crippen LogP contribution in [0, 0.1) is 0 Å². The Kier molecular flexibility index (Phi) is 13.2. The van der Waals surface area contributed by atoms with Crippen LogP contribution in [-0.2, 0) is 6.42 Å². The minimum Gasteiger partial charge on any atom is -1.00 e. The quantitative estimate of drug-likeness (QED) is 0.662. The number of quaternary nitrogens is 1. The van der Waals surface area contributed by atoms with E-state index in [2.05, 4.69) is 86.8 Å². The normalized spacial score (nSPS) is 9.21. The Morgan fingerprint density at radius 1 is 0.893 bits per heavy atom. The van der Waals surface area contributed by atoms with E-state index >= 15 is 0 Å². The van der Waals surface area contributed by atoms with Gasteiger partial charge in [0.1, 0.15) is 17.9 Å². The summed E-state index contributed by atoms with van der Waals surface area (Å²) < 4.78 is 0. The van der Waals surface area contributed by atoms with Crippen molar-refractivity contribution < 1.29 is 49.8 Å². The summed E-state index contributed by atoms with van der Waals surface area (Å²) in [5, 5.41) is 19.3. The Morgan fingerprint density at radius 3 is 1.86 bits per heavy atom. The third-order valence-electron chi connectivity index (χ3n) is 2.96. The highest BCUT2D eigenvalue weighted by molar-refractivity contribution is 5.26. The second-order valence-electron chi connectivity index (χ2n) is 4.98. The number of benzene rings is 1. The largest absolute Gasteiger partial charge is 1.00 e. The van der Waals surface area contributed by atoms with Gasteiger partial charge in [-0.2, -0.15) is 0 Å². The van der Waals surface area contributed by atoms with Crippen LogP contribution in [0.25, 0.3) is 0 Å². The maximum atomic E-state index is 10.0. The first-order chi connectivity index (χ1) is 13.1. The van der Waals surface area contributed by atoms with Crippen molar-refractivity contribution in [3.05, 3.63) is 117 Å². The molecule has 0 saturated carbocycles. The molecule has 1 aromatic carbocycles. The molecule has 1 aromatic rings. The number of phenolic OH excluding ortho intramolecular Hbond substituents is 1. The summed E-state index contributed by atoms with van der Waals surface area (Å²) in [7, 11) is 0. The van der Waals surface area contributed by atoms with Crippen LogP contribution in [0.5, 0.6) is 5.75 Å². The molecule has 0 bridgehead atoms. The van der Waals surface area contributed by atoms with E-state index in [1.54, 1.807) is 24.3 Å². The summed E-state index contributed by atoms with van der Waals surface area (Å²) in [6, 6.07) is 6.51. The number of rotatable bonds is 4. The van der Waals surface area contributed by atoms with Crippen molar-refractivity contribution in [3.8, 4) is 5.75 Å². The molecule has 0 saturated heterocycles. The van der Waals surface area contributed by atoms with Gasteiger partial charge >= 0.3 is 0 Å². The van der Waals surface area contributed by atoms with Gasteiger partial charge in [0.05, 0.1) is 0 Å². The molecule has 3 nitrogen and oxygen atoms in total. The highest BCUT2D eigenvalue weighted by Gasteiger charge is 2.15. The molecule has 1 rings (SSSR count). The number of aromatic hydroxyl groups is 1. The maximum absolute atomic E-state index is 10.0. The van der Waals surface area contributed by atoms with E-state index in [9.17, 15) is 10.2 Å². The smallest absolute Gasteiger partial charge is 0.132 e. The van der Waals surface area contributed by atoms with E-state index in [-0.39, 0.29) is 45.6 Å². The lowest BCUT2D eigenvalue weighted by Crippen LogP contribution is -3.00. The van der Waals surface area contributed by atoms with Crippen LogP contribution in [0.2, 0.25) is 0 Å². The SMILES string of the molecule is C=C=C=C=C=C=C=C=C=C=C=C=C=C=C[C@H](O)[C@@H]([NH3+])Cc1ccc(O)cc1.[Cl-].[HH].[HH].[HH].[HH].[HH].[HH].[HH].[HH].[HH].[HH].[HH].[HH].[HH].[HH].[HH]. The van der Waals surface area contributed by atoms with Crippen LogP contribution in [-0.4, -0.2) is 22.4 Å². The molecular weight excluding hydrogens is 370 g/mol. The van der Waals surface area contributed by atoms with Crippen molar-refractivity contribution in [1.29, 1.82) is 0 Å². The number of hydrogen-bond acceptors (Lipinski definition) is 2. The lowest BCUT2D eigenvalue weighted by molar-refractivity contribution is -0.432. The molecule has 166 valence electrons. The zero-order valence-electron chi connectivity index (χ0n) is 14.9. The van der Waals surface area contributed by atoms with Gasteiger partial charge in [0.2, 0.25) is 0 Å². The summed E-state index contributed by atoms with van der Waals surface area (Å²) in [6.45, 7) is 3.31. The van der Waals surface area contributed by atoms with Gasteiger partial charge in [-0.15, -0.1) is 0 Å². The van der Waals surface area contributed by atoms with Gasteiger partial charge in [0, 0.05) is 33.9 Å². The monoisotopic (exact) mass is 415 g/mol. The third kappa shape index (κ3) is 11.6. The van der Waals surface area contributed by atoms with Crippen molar-refractivity contribution in [3.63, 3.8) is 0 Å². The highest BCUT2D eigenvalue weighted by atomic mass is 35.5. The van der Waals surface area contributed by atoms with Gasteiger partial charge in [0.15, 0.2) is 0 Å². The fourth-order valence-electron chi connectivity index (χ4n) is 1.68. The molecule has 0 aliphatic heterocycles. The summed E-state index contributed by atoms with van der Waals surface area (Å²) in [5.74, 6) is 0.203.